The van der Waals surface area contributed by atoms with Gasteiger partial charge in [-0.15, -0.1) is 0 Å². The first-order chi connectivity index (χ1) is 8.10. The normalized spacial score (nSPS) is 27.1. The zero-order valence-electron chi connectivity index (χ0n) is 9.80. The number of carbonyl (C=O) groups excluding carboxylic acids is 2. The van der Waals surface area contributed by atoms with Crippen molar-refractivity contribution in [2.45, 2.75) is 31.3 Å². The van der Waals surface area contributed by atoms with Gasteiger partial charge in [-0.1, -0.05) is 0 Å². The minimum atomic E-state index is -0.582. The Morgan fingerprint density at radius 2 is 2.00 bits per heavy atom. The Morgan fingerprint density at radius 3 is 2.59 bits per heavy atom. The summed E-state index contributed by atoms with van der Waals surface area (Å²) >= 11 is 0. The highest BCUT2D eigenvalue weighted by Crippen LogP contribution is 2.39. The second-order valence-electron chi connectivity index (χ2n) is 4.18. The van der Waals surface area contributed by atoms with Crippen molar-refractivity contribution in [2.75, 3.05) is 14.2 Å². The van der Waals surface area contributed by atoms with Crippen molar-refractivity contribution < 1.29 is 24.2 Å². The van der Waals surface area contributed by atoms with E-state index >= 15 is 0 Å². The van der Waals surface area contributed by atoms with Gasteiger partial charge in [-0.25, -0.2) is 9.59 Å². The predicted octanol–water partition coefficient (Wildman–Crippen LogP) is 0.975. The Labute approximate surface area is 98.8 Å². The lowest BCUT2D eigenvalue weighted by molar-refractivity contribution is -0.137. The molecule has 2 bridgehead atoms. The SMILES string of the molecule is COC(=O)C1=C(O)CC2CCC1N2C(=O)OC. The van der Waals surface area contributed by atoms with Gasteiger partial charge in [0.05, 0.1) is 25.8 Å². The molecule has 0 spiro atoms. The fraction of sp³-hybridized carbons (Fsp3) is 0.636. The average molecular weight is 241 g/mol. The fourth-order valence-corrected chi connectivity index (χ4v) is 2.64. The van der Waals surface area contributed by atoms with Gasteiger partial charge in [0.15, 0.2) is 0 Å². The van der Waals surface area contributed by atoms with E-state index in [0.29, 0.717) is 6.42 Å². The maximum atomic E-state index is 11.6. The molecule has 2 rings (SSSR count). The molecule has 94 valence electrons. The molecule has 1 amide bonds. The number of rotatable bonds is 1. The van der Waals surface area contributed by atoms with Gasteiger partial charge in [0.1, 0.15) is 5.76 Å². The van der Waals surface area contributed by atoms with Crippen LogP contribution in [0.4, 0.5) is 4.79 Å². The molecule has 1 fully saturated rings. The molecule has 2 heterocycles. The number of aliphatic hydroxyl groups excluding tert-OH is 1. The summed E-state index contributed by atoms with van der Waals surface area (Å²) in [4.78, 5) is 24.8. The summed E-state index contributed by atoms with van der Waals surface area (Å²) in [5.41, 5.74) is 0.187. The lowest BCUT2D eigenvalue weighted by Crippen LogP contribution is -2.47. The van der Waals surface area contributed by atoms with Crippen LogP contribution in [0.15, 0.2) is 11.3 Å². The Hall–Kier alpha value is -1.72. The summed E-state index contributed by atoms with van der Waals surface area (Å²) in [5.74, 6) is -0.550. The molecule has 6 nitrogen and oxygen atoms in total. The van der Waals surface area contributed by atoms with E-state index in [0.717, 1.165) is 6.42 Å². The van der Waals surface area contributed by atoms with E-state index in [4.69, 9.17) is 4.74 Å². The lowest BCUT2D eigenvalue weighted by atomic mass is 10.00. The van der Waals surface area contributed by atoms with Crippen LogP contribution < -0.4 is 0 Å². The Morgan fingerprint density at radius 1 is 1.29 bits per heavy atom. The minimum absolute atomic E-state index is 0.0319. The number of methoxy groups -OCH3 is 2. The first kappa shape index (κ1) is 11.8. The summed E-state index contributed by atoms with van der Waals surface area (Å²) in [5, 5.41) is 9.82. The average Bonchev–Trinajstić information content (AvgIpc) is 2.64. The van der Waals surface area contributed by atoms with Crippen molar-refractivity contribution in [1.29, 1.82) is 0 Å². The molecule has 0 aromatic carbocycles. The summed E-state index contributed by atoms with van der Waals surface area (Å²) in [6.07, 6.45) is 1.22. The Balaban J connectivity index is 2.34. The van der Waals surface area contributed by atoms with Crippen LogP contribution in [0.1, 0.15) is 19.3 Å². The van der Waals surface area contributed by atoms with Gasteiger partial charge >= 0.3 is 12.1 Å². The molecule has 0 saturated carbocycles. The van der Waals surface area contributed by atoms with Crippen molar-refractivity contribution in [1.82, 2.24) is 4.90 Å². The highest BCUT2D eigenvalue weighted by Gasteiger charge is 2.47. The summed E-state index contributed by atoms with van der Waals surface area (Å²) < 4.78 is 9.33. The van der Waals surface area contributed by atoms with Crippen LogP contribution in [-0.4, -0.2) is 48.4 Å². The molecule has 0 radical (unpaired) electrons. The van der Waals surface area contributed by atoms with Crippen molar-refractivity contribution in [2.24, 2.45) is 0 Å². The molecule has 0 aromatic rings. The molecule has 0 aromatic heterocycles. The lowest BCUT2D eigenvalue weighted by Gasteiger charge is -2.33. The molecule has 0 aliphatic carbocycles. The summed E-state index contributed by atoms with van der Waals surface area (Å²) in [6, 6.07) is -0.505. The number of esters is 1. The quantitative estimate of drug-likeness (QED) is 0.692. The molecule has 1 saturated heterocycles. The Bertz CT molecular complexity index is 389. The number of carbonyl (C=O) groups is 2. The van der Waals surface area contributed by atoms with Crippen LogP contribution in [0.2, 0.25) is 0 Å². The molecule has 6 heteroatoms. The molecular weight excluding hydrogens is 226 g/mol. The third-order valence-corrected chi connectivity index (χ3v) is 3.37. The molecule has 17 heavy (non-hydrogen) atoms. The number of aliphatic hydroxyl groups is 1. The van der Waals surface area contributed by atoms with Gasteiger partial charge < -0.3 is 14.6 Å². The van der Waals surface area contributed by atoms with Crippen molar-refractivity contribution in [3.8, 4) is 0 Å². The van der Waals surface area contributed by atoms with Crippen LogP contribution in [0.5, 0.6) is 0 Å². The molecule has 2 unspecified atom stereocenters. The number of nitrogens with zero attached hydrogens (tertiary/aromatic N) is 1. The van der Waals surface area contributed by atoms with Crippen LogP contribution >= 0.6 is 0 Å². The van der Waals surface area contributed by atoms with Gasteiger partial charge in [0.25, 0.3) is 0 Å². The number of ether oxygens (including phenoxy) is 2. The molecule has 1 N–H and O–H groups in total. The number of hydrogen-bond acceptors (Lipinski definition) is 5. The maximum Gasteiger partial charge on any atom is 0.410 e. The van der Waals surface area contributed by atoms with E-state index in [-0.39, 0.29) is 23.8 Å². The van der Waals surface area contributed by atoms with E-state index in [1.807, 2.05) is 0 Å². The number of hydrogen-bond donors (Lipinski definition) is 1. The topological polar surface area (TPSA) is 76.1 Å². The van der Waals surface area contributed by atoms with E-state index in [1.165, 1.54) is 19.1 Å². The van der Waals surface area contributed by atoms with E-state index < -0.39 is 18.1 Å². The first-order valence-electron chi connectivity index (χ1n) is 5.46. The number of fused-ring (bicyclic) bond motifs is 2. The predicted molar refractivity (Wildman–Crippen MR) is 57.3 cm³/mol. The molecule has 2 aliphatic rings. The van der Waals surface area contributed by atoms with Crippen molar-refractivity contribution in [3.63, 3.8) is 0 Å². The number of amides is 1. The van der Waals surface area contributed by atoms with Gasteiger partial charge in [0, 0.05) is 12.5 Å². The first-order valence-corrected chi connectivity index (χ1v) is 5.46. The zero-order chi connectivity index (χ0) is 12.6. The van der Waals surface area contributed by atoms with E-state index in [2.05, 4.69) is 4.74 Å². The molecular formula is C11H15NO5. The maximum absolute atomic E-state index is 11.6. The minimum Gasteiger partial charge on any atom is -0.512 e. The largest absolute Gasteiger partial charge is 0.512 e. The summed E-state index contributed by atoms with van der Waals surface area (Å²) in [6.45, 7) is 0. The van der Waals surface area contributed by atoms with E-state index in [1.54, 1.807) is 0 Å². The highest BCUT2D eigenvalue weighted by atomic mass is 16.5. The zero-order valence-corrected chi connectivity index (χ0v) is 9.80. The van der Waals surface area contributed by atoms with E-state index in [9.17, 15) is 14.7 Å². The van der Waals surface area contributed by atoms with Crippen LogP contribution in [0.3, 0.4) is 0 Å². The smallest absolute Gasteiger partial charge is 0.410 e. The Kier molecular flexibility index (Phi) is 2.95. The van der Waals surface area contributed by atoms with Crippen LogP contribution in [-0.2, 0) is 14.3 Å². The standard InChI is InChI=1S/C11H15NO5/c1-16-10(14)9-7-4-3-6(5-8(9)13)12(7)11(15)17-2/h6-7,13H,3-5H2,1-2H3. The molecule has 2 atom stereocenters. The third-order valence-electron chi connectivity index (χ3n) is 3.37. The molecule has 2 aliphatic heterocycles. The van der Waals surface area contributed by atoms with Crippen LogP contribution in [0.25, 0.3) is 0 Å². The van der Waals surface area contributed by atoms with Crippen LogP contribution in [0, 0.1) is 0 Å². The van der Waals surface area contributed by atoms with Crippen molar-refractivity contribution >= 4 is 12.1 Å². The second-order valence-corrected chi connectivity index (χ2v) is 4.18. The third kappa shape index (κ3) is 1.73. The van der Waals surface area contributed by atoms with Gasteiger partial charge in [0.2, 0.25) is 0 Å². The van der Waals surface area contributed by atoms with Crippen molar-refractivity contribution in [3.05, 3.63) is 11.3 Å². The summed E-state index contributed by atoms with van der Waals surface area (Å²) in [7, 11) is 2.56. The van der Waals surface area contributed by atoms with Gasteiger partial charge in [-0.3, -0.25) is 4.90 Å². The second kappa shape index (κ2) is 4.27. The van der Waals surface area contributed by atoms with Gasteiger partial charge in [-0.2, -0.15) is 0 Å². The highest BCUT2D eigenvalue weighted by molar-refractivity contribution is 5.91. The van der Waals surface area contributed by atoms with Gasteiger partial charge in [-0.05, 0) is 12.8 Å². The fourth-order valence-electron chi connectivity index (χ4n) is 2.64. The monoisotopic (exact) mass is 241 g/mol.